The lowest BCUT2D eigenvalue weighted by atomic mass is 10.3. The Bertz CT molecular complexity index is 447. The van der Waals surface area contributed by atoms with Crippen LogP contribution >= 0.6 is 0 Å². The van der Waals surface area contributed by atoms with Gasteiger partial charge in [-0.25, -0.2) is 9.97 Å². The van der Waals surface area contributed by atoms with Crippen LogP contribution in [-0.4, -0.2) is 19.9 Å². The Hall–Kier alpha value is -1.71. The van der Waals surface area contributed by atoms with Crippen LogP contribution in [0.3, 0.4) is 0 Å². The van der Waals surface area contributed by atoms with Gasteiger partial charge in [-0.1, -0.05) is 0 Å². The largest absolute Gasteiger partial charge is 0.344 e. The fourth-order valence-corrected chi connectivity index (χ4v) is 1.29. The molecular formula is C7H4N4. The summed E-state index contributed by atoms with van der Waals surface area (Å²) in [5.74, 6) is 0. The molecule has 11 heavy (non-hydrogen) atoms. The standard InChI is InChI=1S/C7H4N4/c1-5-6-4(8-1)2-9-7(6)11-3-10-5/h1-3H,(H,9,10,11). The minimum absolute atomic E-state index is 0.770. The Morgan fingerprint density at radius 2 is 2.09 bits per heavy atom. The number of hydrogen-bond donors (Lipinski definition) is 1. The summed E-state index contributed by atoms with van der Waals surface area (Å²) < 4.78 is 0. The zero-order chi connectivity index (χ0) is 7.26. The van der Waals surface area contributed by atoms with Crippen molar-refractivity contribution in [1.29, 1.82) is 0 Å². The quantitative estimate of drug-likeness (QED) is 0.511. The lowest BCUT2D eigenvalue weighted by molar-refractivity contribution is 1.22. The zero-order valence-corrected chi connectivity index (χ0v) is 5.57. The Morgan fingerprint density at radius 3 is 3.09 bits per heavy atom. The summed E-state index contributed by atoms with van der Waals surface area (Å²) in [7, 11) is 0. The van der Waals surface area contributed by atoms with Crippen LogP contribution in [0.2, 0.25) is 0 Å². The third-order valence-electron chi connectivity index (χ3n) is 1.80. The summed E-state index contributed by atoms with van der Waals surface area (Å²) in [6.07, 6.45) is 5.16. The van der Waals surface area contributed by atoms with E-state index in [1.807, 2.05) is 0 Å². The van der Waals surface area contributed by atoms with Crippen LogP contribution in [0.5, 0.6) is 0 Å². The van der Waals surface area contributed by atoms with Crippen molar-refractivity contribution in [2.24, 2.45) is 0 Å². The Balaban J connectivity index is 2.83. The topological polar surface area (TPSA) is 54.5 Å². The second-order valence-electron chi connectivity index (χ2n) is 2.42. The van der Waals surface area contributed by atoms with Gasteiger partial charge in [0.05, 0.1) is 35.1 Å². The van der Waals surface area contributed by atoms with Gasteiger partial charge in [0.1, 0.15) is 0 Å². The van der Waals surface area contributed by atoms with E-state index in [1.165, 1.54) is 0 Å². The number of nitrogens with one attached hydrogen (secondary N) is 1. The molecule has 0 aromatic carbocycles. The van der Waals surface area contributed by atoms with Gasteiger partial charge in [-0.15, -0.1) is 0 Å². The molecule has 3 heterocycles. The lowest BCUT2D eigenvalue weighted by Crippen LogP contribution is -1.77. The number of aromatic amines is 1. The molecule has 4 heteroatoms. The summed E-state index contributed by atoms with van der Waals surface area (Å²) in [5.41, 5.74) is 2.69. The van der Waals surface area contributed by atoms with Gasteiger partial charge in [0.15, 0.2) is 5.65 Å². The van der Waals surface area contributed by atoms with E-state index in [9.17, 15) is 0 Å². The van der Waals surface area contributed by atoms with Crippen LogP contribution in [0, 0.1) is 0 Å². The van der Waals surface area contributed by atoms with E-state index < -0.39 is 0 Å². The van der Waals surface area contributed by atoms with Crippen molar-refractivity contribution >= 4 is 22.1 Å². The third-order valence-corrected chi connectivity index (χ3v) is 1.80. The second kappa shape index (κ2) is 1.47. The molecule has 4 nitrogen and oxygen atoms in total. The van der Waals surface area contributed by atoms with Crippen molar-refractivity contribution in [2.75, 3.05) is 0 Å². The summed E-state index contributed by atoms with van der Waals surface area (Å²) in [5, 5.41) is 1.03. The molecular weight excluding hydrogens is 140 g/mol. The second-order valence-corrected chi connectivity index (χ2v) is 2.42. The minimum atomic E-state index is 0.770. The van der Waals surface area contributed by atoms with Crippen LogP contribution < -0.4 is 0 Å². The highest BCUT2D eigenvalue weighted by Gasteiger charge is 2.06. The molecule has 0 aliphatic heterocycles. The molecule has 0 aliphatic carbocycles. The van der Waals surface area contributed by atoms with E-state index in [0.29, 0.717) is 0 Å². The maximum atomic E-state index is 4.15. The molecule has 3 aromatic rings. The predicted octanol–water partition coefficient (Wildman–Crippen LogP) is 0.944. The van der Waals surface area contributed by atoms with Crippen LogP contribution in [0.15, 0.2) is 18.7 Å². The molecule has 0 aliphatic rings. The Labute approximate surface area is 61.6 Å². The number of aromatic nitrogens is 4. The molecule has 0 saturated carbocycles. The summed E-state index contributed by atoms with van der Waals surface area (Å²) in [4.78, 5) is 15.3. The predicted molar refractivity (Wildman–Crippen MR) is 40.4 cm³/mol. The highest BCUT2D eigenvalue weighted by Crippen LogP contribution is 2.21. The monoisotopic (exact) mass is 144 g/mol. The van der Waals surface area contributed by atoms with E-state index in [2.05, 4.69) is 19.9 Å². The van der Waals surface area contributed by atoms with Crippen LogP contribution in [0.4, 0.5) is 0 Å². The first-order chi connectivity index (χ1) is 5.45. The normalized spacial score (nSPS) is 11.6. The van der Waals surface area contributed by atoms with Gasteiger partial charge >= 0.3 is 0 Å². The van der Waals surface area contributed by atoms with Crippen LogP contribution in [0.25, 0.3) is 22.1 Å². The third kappa shape index (κ3) is 0.475. The summed E-state index contributed by atoms with van der Waals surface area (Å²) in [6, 6.07) is 0. The molecule has 0 unspecified atom stereocenters. The minimum Gasteiger partial charge on any atom is -0.344 e. The van der Waals surface area contributed by atoms with Crippen molar-refractivity contribution in [3.63, 3.8) is 0 Å². The molecule has 0 bridgehead atoms. The highest BCUT2D eigenvalue weighted by atomic mass is 14.9. The molecule has 0 radical (unpaired) electrons. The average molecular weight is 144 g/mol. The maximum absolute atomic E-state index is 4.15. The van der Waals surface area contributed by atoms with E-state index in [1.54, 1.807) is 18.7 Å². The molecule has 3 rings (SSSR count). The van der Waals surface area contributed by atoms with E-state index in [-0.39, 0.29) is 0 Å². The van der Waals surface area contributed by atoms with Crippen molar-refractivity contribution in [1.82, 2.24) is 19.9 Å². The number of hydrogen-bond acceptors (Lipinski definition) is 3. The molecule has 0 fully saturated rings. The summed E-state index contributed by atoms with van der Waals surface area (Å²) in [6.45, 7) is 0. The van der Waals surface area contributed by atoms with Gasteiger partial charge in [0, 0.05) is 0 Å². The van der Waals surface area contributed by atoms with Gasteiger partial charge in [0.25, 0.3) is 0 Å². The van der Waals surface area contributed by atoms with Crippen molar-refractivity contribution in [3.8, 4) is 0 Å². The van der Waals surface area contributed by atoms with Crippen LogP contribution in [-0.2, 0) is 0 Å². The van der Waals surface area contributed by atoms with E-state index >= 15 is 0 Å². The fourth-order valence-electron chi connectivity index (χ4n) is 1.29. The van der Waals surface area contributed by atoms with Gasteiger partial charge in [0.2, 0.25) is 0 Å². The number of H-pyrrole nitrogens is 1. The van der Waals surface area contributed by atoms with Crippen molar-refractivity contribution in [2.45, 2.75) is 0 Å². The van der Waals surface area contributed by atoms with E-state index in [0.717, 1.165) is 22.1 Å². The molecule has 52 valence electrons. The Kier molecular flexibility index (Phi) is 0.671. The van der Waals surface area contributed by atoms with Gasteiger partial charge in [-0.05, 0) is 0 Å². The molecule has 0 spiro atoms. The molecule has 0 atom stereocenters. The fraction of sp³-hybridized carbons (Fsp3) is 0. The van der Waals surface area contributed by atoms with E-state index in [4.69, 9.17) is 0 Å². The maximum Gasteiger partial charge on any atom is 0.165 e. The molecule has 0 saturated heterocycles. The first-order valence-corrected chi connectivity index (χ1v) is 3.31. The van der Waals surface area contributed by atoms with Crippen LogP contribution in [0.1, 0.15) is 0 Å². The molecule has 1 N–H and O–H groups in total. The zero-order valence-electron chi connectivity index (χ0n) is 5.57. The summed E-state index contributed by atoms with van der Waals surface area (Å²) >= 11 is 0. The van der Waals surface area contributed by atoms with Crippen molar-refractivity contribution < 1.29 is 0 Å². The average Bonchev–Trinajstić information content (AvgIpc) is 2.60. The van der Waals surface area contributed by atoms with Gasteiger partial charge < -0.3 is 4.98 Å². The SMILES string of the molecule is c1nc2ncc3ncc([nH]1)c32. The Morgan fingerprint density at radius 1 is 1.09 bits per heavy atom. The molecule has 3 aromatic heterocycles. The first kappa shape index (κ1) is 5.01. The molecule has 0 amide bonds. The van der Waals surface area contributed by atoms with Crippen molar-refractivity contribution in [3.05, 3.63) is 18.7 Å². The first-order valence-electron chi connectivity index (χ1n) is 3.31. The number of rotatable bonds is 0. The van der Waals surface area contributed by atoms with Gasteiger partial charge in [-0.3, -0.25) is 4.98 Å². The highest BCUT2D eigenvalue weighted by molar-refractivity contribution is 6.04. The van der Waals surface area contributed by atoms with Gasteiger partial charge in [-0.2, -0.15) is 0 Å². The lowest BCUT2D eigenvalue weighted by Gasteiger charge is -1.85. The number of nitrogens with zero attached hydrogens (tertiary/aromatic N) is 3. The smallest absolute Gasteiger partial charge is 0.165 e.